The van der Waals surface area contributed by atoms with Gasteiger partial charge in [-0.3, -0.25) is 10.0 Å². The minimum absolute atomic E-state index is 0.173. The molecule has 5 heteroatoms. The number of nitrogens with zero attached hydrogens (tertiary/aromatic N) is 1. The van der Waals surface area contributed by atoms with Gasteiger partial charge in [0.15, 0.2) is 5.75 Å². The second-order valence-corrected chi connectivity index (χ2v) is 7.46. The maximum atomic E-state index is 12.5. The number of hydroxylamine groups is 1. The number of hydrogen-bond acceptors (Lipinski definition) is 4. The number of carbonyl (C=O) groups excluding carboxylic acids is 1. The second kappa shape index (κ2) is 13.1. The van der Waals surface area contributed by atoms with Crippen LogP contribution in [0.5, 0.6) is 5.75 Å². The number of pyridine rings is 1. The van der Waals surface area contributed by atoms with Gasteiger partial charge < -0.3 is 4.74 Å². The Labute approximate surface area is 208 Å². The van der Waals surface area contributed by atoms with Crippen molar-refractivity contribution in [1.29, 1.82) is 0 Å². The second-order valence-electron chi connectivity index (χ2n) is 7.46. The van der Waals surface area contributed by atoms with Crippen LogP contribution in [0.4, 0.5) is 0 Å². The highest BCUT2D eigenvalue weighted by molar-refractivity contribution is 6.02. The minimum Gasteiger partial charge on any atom is -0.494 e. The first kappa shape index (κ1) is 27.3. The average molecular weight is 471 g/mol. The summed E-state index contributed by atoms with van der Waals surface area (Å²) in [5.41, 5.74) is 8.76. The van der Waals surface area contributed by atoms with Crippen molar-refractivity contribution in [3.05, 3.63) is 89.1 Å². The zero-order chi connectivity index (χ0) is 26.0. The van der Waals surface area contributed by atoms with Gasteiger partial charge in [0.1, 0.15) is 5.69 Å². The molecule has 1 heterocycles. The topological polar surface area (TPSA) is 71.5 Å². The molecule has 0 saturated heterocycles. The van der Waals surface area contributed by atoms with Crippen LogP contribution in [0.3, 0.4) is 0 Å². The SMILES string of the molecule is C=Cc1c(/C=C\C)nc(-c2ccc(-c3ccc(C)c(/C=C\C)c3)cc2)c(OC)c1C(=O)NO.CC. The number of hydrogen-bond donors (Lipinski definition) is 2. The van der Waals surface area contributed by atoms with Crippen LogP contribution >= 0.6 is 0 Å². The third-order valence-electron chi connectivity index (χ3n) is 5.40. The molecule has 3 aromatic rings. The van der Waals surface area contributed by atoms with E-state index in [1.165, 1.54) is 24.3 Å². The lowest BCUT2D eigenvalue weighted by atomic mass is 9.96. The molecule has 5 nitrogen and oxygen atoms in total. The van der Waals surface area contributed by atoms with Crippen LogP contribution in [0.15, 0.2) is 61.2 Å². The average Bonchev–Trinajstić information content (AvgIpc) is 2.90. The molecular formula is C30H34N2O3. The van der Waals surface area contributed by atoms with E-state index in [0.717, 1.165) is 16.7 Å². The van der Waals surface area contributed by atoms with E-state index in [9.17, 15) is 10.0 Å². The predicted octanol–water partition coefficient (Wildman–Crippen LogP) is 7.59. The fourth-order valence-electron chi connectivity index (χ4n) is 3.77. The monoisotopic (exact) mass is 470 g/mol. The fraction of sp³-hybridized carbons (Fsp3) is 0.200. The Kier molecular flexibility index (Phi) is 10.2. The van der Waals surface area contributed by atoms with Crippen LogP contribution in [0.1, 0.15) is 60.4 Å². The first-order chi connectivity index (χ1) is 17.0. The molecule has 2 N–H and O–H groups in total. The maximum Gasteiger partial charge on any atom is 0.279 e. The fourth-order valence-corrected chi connectivity index (χ4v) is 3.77. The van der Waals surface area contributed by atoms with Crippen molar-refractivity contribution >= 4 is 24.1 Å². The van der Waals surface area contributed by atoms with E-state index in [1.54, 1.807) is 11.6 Å². The van der Waals surface area contributed by atoms with Crippen LogP contribution in [0.2, 0.25) is 0 Å². The standard InChI is InChI=1S/C28H28N2O3.C2H6/c1-6-9-21-17-22(12-11-18(21)4)19-13-15-20(16-14-19)26-27(33-5)25(28(31)30-32)23(8-3)24(29-26)10-7-2;1-2/h6-17,32H,3H2,1-2,4-5H3,(H,30,31);1-2H3/b9-6-,10-7-;. The highest BCUT2D eigenvalue weighted by atomic mass is 16.5. The lowest BCUT2D eigenvalue weighted by Crippen LogP contribution is -2.22. The zero-order valence-corrected chi connectivity index (χ0v) is 21.3. The Hall–Kier alpha value is -3.96. The molecule has 35 heavy (non-hydrogen) atoms. The van der Waals surface area contributed by atoms with Crippen LogP contribution in [0, 0.1) is 6.92 Å². The predicted molar refractivity (Wildman–Crippen MR) is 147 cm³/mol. The number of rotatable bonds is 7. The van der Waals surface area contributed by atoms with Gasteiger partial charge in [0.05, 0.1) is 18.4 Å². The highest BCUT2D eigenvalue weighted by Gasteiger charge is 2.24. The van der Waals surface area contributed by atoms with Gasteiger partial charge in [0.2, 0.25) is 0 Å². The van der Waals surface area contributed by atoms with Gasteiger partial charge in [-0.05, 0) is 55.2 Å². The van der Waals surface area contributed by atoms with E-state index >= 15 is 0 Å². The molecule has 2 aromatic carbocycles. The summed E-state index contributed by atoms with van der Waals surface area (Å²) < 4.78 is 5.59. The van der Waals surface area contributed by atoms with Crippen LogP contribution in [-0.4, -0.2) is 23.2 Å². The van der Waals surface area contributed by atoms with Crippen LogP contribution < -0.4 is 10.2 Å². The molecule has 0 aliphatic carbocycles. The van der Waals surface area contributed by atoms with Crippen molar-refractivity contribution in [2.75, 3.05) is 7.11 Å². The largest absolute Gasteiger partial charge is 0.494 e. The summed E-state index contributed by atoms with van der Waals surface area (Å²) in [6.07, 6.45) is 9.27. The molecule has 0 unspecified atom stereocenters. The van der Waals surface area contributed by atoms with E-state index < -0.39 is 5.91 Å². The molecule has 0 spiro atoms. The number of carbonyl (C=O) groups is 1. The van der Waals surface area contributed by atoms with Gasteiger partial charge in [0.25, 0.3) is 5.91 Å². The van der Waals surface area contributed by atoms with Crippen molar-refractivity contribution in [2.45, 2.75) is 34.6 Å². The quantitative estimate of drug-likeness (QED) is 0.276. The van der Waals surface area contributed by atoms with Gasteiger partial charge in [-0.1, -0.05) is 81.1 Å². The molecule has 182 valence electrons. The number of ether oxygens (including phenoxy) is 1. The van der Waals surface area contributed by atoms with Gasteiger partial charge in [0, 0.05) is 11.1 Å². The van der Waals surface area contributed by atoms with Gasteiger partial charge in [-0.15, -0.1) is 0 Å². The lowest BCUT2D eigenvalue weighted by Gasteiger charge is -2.17. The van der Waals surface area contributed by atoms with Crippen molar-refractivity contribution in [1.82, 2.24) is 10.5 Å². The summed E-state index contributed by atoms with van der Waals surface area (Å²) in [6, 6.07) is 14.3. The summed E-state index contributed by atoms with van der Waals surface area (Å²) in [4.78, 5) is 17.3. The lowest BCUT2D eigenvalue weighted by molar-refractivity contribution is 0.0702. The third kappa shape index (κ3) is 5.94. The molecule has 3 rings (SSSR count). The maximum absolute atomic E-state index is 12.5. The van der Waals surface area contributed by atoms with E-state index in [4.69, 9.17) is 9.72 Å². The van der Waals surface area contributed by atoms with Crippen molar-refractivity contribution in [3.63, 3.8) is 0 Å². The van der Waals surface area contributed by atoms with Crippen molar-refractivity contribution in [3.8, 4) is 28.1 Å². The van der Waals surface area contributed by atoms with E-state index in [-0.39, 0.29) is 11.3 Å². The Bertz CT molecular complexity index is 1240. The Balaban J connectivity index is 0.00000210. The van der Waals surface area contributed by atoms with Crippen LogP contribution in [0.25, 0.3) is 40.6 Å². The summed E-state index contributed by atoms with van der Waals surface area (Å²) in [5.74, 6) is -0.424. The summed E-state index contributed by atoms with van der Waals surface area (Å²) in [5, 5.41) is 9.32. The van der Waals surface area contributed by atoms with Gasteiger partial charge in [-0.25, -0.2) is 10.5 Å². The number of aromatic nitrogens is 1. The number of aryl methyl sites for hydroxylation is 1. The number of benzene rings is 2. The number of allylic oxidation sites excluding steroid dienone is 2. The molecule has 0 aliphatic rings. The number of nitrogens with one attached hydrogen (secondary N) is 1. The minimum atomic E-state index is -0.691. The molecule has 0 saturated carbocycles. The molecule has 0 atom stereocenters. The third-order valence-corrected chi connectivity index (χ3v) is 5.40. The zero-order valence-electron chi connectivity index (χ0n) is 21.3. The summed E-state index contributed by atoms with van der Waals surface area (Å²) >= 11 is 0. The molecule has 1 amide bonds. The Morgan fingerprint density at radius 2 is 1.60 bits per heavy atom. The molecular weight excluding hydrogens is 436 g/mol. The first-order valence-corrected chi connectivity index (χ1v) is 11.6. The summed E-state index contributed by atoms with van der Waals surface area (Å²) in [6.45, 7) is 13.8. The Morgan fingerprint density at radius 1 is 1.00 bits per heavy atom. The van der Waals surface area contributed by atoms with Crippen molar-refractivity contribution in [2.24, 2.45) is 0 Å². The van der Waals surface area contributed by atoms with Crippen molar-refractivity contribution < 1.29 is 14.7 Å². The van der Waals surface area contributed by atoms with E-state index in [1.807, 2.05) is 64.1 Å². The molecule has 1 aromatic heterocycles. The Morgan fingerprint density at radius 3 is 2.14 bits per heavy atom. The van der Waals surface area contributed by atoms with E-state index in [0.29, 0.717) is 17.0 Å². The highest BCUT2D eigenvalue weighted by Crippen LogP contribution is 2.37. The number of amides is 1. The van der Waals surface area contributed by atoms with E-state index in [2.05, 4.69) is 37.8 Å². The smallest absolute Gasteiger partial charge is 0.279 e. The van der Waals surface area contributed by atoms with Gasteiger partial charge >= 0.3 is 0 Å². The normalized spacial score (nSPS) is 10.7. The number of methoxy groups -OCH3 is 1. The summed E-state index contributed by atoms with van der Waals surface area (Å²) in [7, 11) is 1.47. The molecule has 0 fully saturated rings. The molecule has 0 radical (unpaired) electrons. The molecule has 0 bridgehead atoms. The van der Waals surface area contributed by atoms with Crippen LogP contribution in [-0.2, 0) is 0 Å². The first-order valence-electron chi connectivity index (χ1n) is 11.6. The van der Waals surface area contributed by atoms with Gasteiger partial charge in [-0.2, -0.15) is 0 Å². The molecule has 0 aliphatic heterocycles.